The SMILES string of the molecule is CC1CC(C(=O)NCCc2cccs2)(C(N)=S)C1. The second kappa shape index (κ2) is 5.36. The van der Waals surface area contributed by atoms with Crippen molar-refractivity contribution < 1.29 is 4.79 Å². The highest BCUT2D eigenvalue weighted by Crippen LogP contribution is 2.45. The molecule has 1 aliphatic carbocycles. The Morgan fingerprint density at radius 2 is 2.39 bits per heavy atom. The van der Waals surface area contributed by atoms with Crippen molar-refractivity contribution in [2.75, 3.05) is 6.54 Å². The van der Waals surface area contributed by atoms with Crippen LogP contribution in [0.15, 0.2) is 17.5 Å². The first-order valence-electron chi connectivity index (χ1n) is 6.15. The number of hydrogen-bond donors (Lipinski definition) is 2. The van der Waals surface area contributed by atoms with E-state index < -0.39 is 5.41 Å². The molecule has 1 heterocycles. The van der Waals surface area contributed by atoms with Gasteiger partial charge >= 0.3 is 0 Å². The molecule has 0 aromatic carbocycles. The molecule has 0 spiro atoms. The second-order valence-corrected chi connectivity index (χ2v) is 6.52. The molecular weight excluding hydrogens is 264 g/mol. The van der Waals surface area contributed by atoms with Gasteiger partial charge in [0.25, 0.3) is 0 Å². The van der Waals surface area contributed by atoms with Crippen LogP contribution in [0.5, 0.6) is 0 Å². The molecule has 0 unspecified atom stereocenters. The number of thiocarbonyl (C=S) groups is 1. The number of nitrogens with two attached hydrogens (primary N) is 1. The quantitative estimate of drug-likeness (QED) is 0.813. The lowest BCUT2D eigenvalue weighted by atomic mass is 9.62. The van der Waals surface area contributed by atoms with Crippen molar-refractivity contribution in [3.05, 3.63) is 22.4 Å². The predicted octanol–water partition coefficient (Wildman–Crippen LogP) is 2.11. The van der Waals surface area contributed by atoms with Crippen LogP contribution in [0.4, 0.5) is 0 Å². The number of nitrogens with one attached hydrogen (secondary N) is 1. The molecule has 1 aromatic rings. The molecule has 2 rings (SSSR count). The Morgan fingerprint density at radius 3 is 2.89 bits per heavy atom. The zero-order valence-electron chi connectivity index (χ0n) is 10.4. The number of thiophene rings is 1. The van der Waals surface area contributed by atoms with Crippen molar-refractivity contribution in [3.63, 3.8) is 0 Å². The van der Waals surface area contributed by atoms with Crippen LogP contribution < -0.4 is 11.1 Å². The molecular formula is C13H18N2OS2. The van der Waals surface area contributed by atoms with Gasteiger partial charge in [0, 0.05) is 11.4 Å². The molecule has 0 bridgehead atoms. The van der Waals surface area contributed by atoms with Crippen LogP contribution in [0.2, 0.25) is 0 Å². The lowest BCUT2D eigenvalue weighted by Crippen LogP contribution is -2.56. The Labute approximate surface area is 117 Å². The maximum atomic E-state index is 12.2. The smallest absolute Gasteiger partial charge is 0.233 e. The van der Waals surface area contributed by atoms with Crippen molar-refractivity contribution in [2.24, 2.45) is 17.1 Å². The van der Waals surface area contributed by atoms with Crippen molar-refractivity contribution in [3.8, 4) is 0 Å². The molecule has 3 nitrogen and oxygen atoms in total. The molecule has 18 heavy (non-hydrogen) atoms. The zero-order valence-corrected chi connectivity index (χ0v) is 12.1. The van der Waals surface area contributed by atoms with E-state index in [0.29, 0.717) is 17.5 Å². The number of hydrogen-bond acceptors (Lipinski definition) is 3. The Kier molecular flexibility index (Phi) is 4.02. The summed E-state index contributed by atoms with van der Waals surface area (Å²) in [7, 11) is 0. The van der Waals surface area contributed by atoms with E-state index >= 15 is 0 Å². The van der Waals surface area contributed by atoms with Gasteiger partial charge in [-0.3, -0.25) is 4.79 Å². The summed E-state index contributed by atoms with van der Waals surface area (Å²) in [5, 5.41) is 5.01. The van der Waals surface area contributed by atoms with Crippen LogP contribution in [0.1, 0.15) is 24.6 Å². The molecule has 0 aliphatic heterocycles. The first kappa shape index (κ1) is 13.5. The fraction of sp³-hybridized carbons (Fsp3) is 0.538. The first-order chi connectivity index (χ1) is 8.54. The molecule has 3 N–H and O–H groups in total. The molecule has 0 saturated heterocycles. The highest BCUT2D eigenvalue weighted by Gasteiger charge is 2.50. The maximum absolute atomic E-state index is 12.2. The number of carbonyl (C=O) groups is 1. The number of rotatable bonds is 5. The average Bonchev–Trinajstić information content (AvgIpc) is 2.76. The van der Waals surface area contributed by atoms with Gasteiger partial charge in [0.15, 0.2) is 0 Å². The van der Waals surface area contributed by atoms with E-state index in [1.54, 1.807) is 11.3 Å². The molecule has 1 aromatic heterocycles. The van der Waals surface area contributed by atoms with Gasteiger partial charge in [-0.15, -0.1) is 11.3 Å². The molecule has 1 aliphatic rings. The summed E-state index contributed by atoms with van der Waals surface area (Å²) in [5.41, 5.74) is 5.16. The summed E-state index contributed by atoms with van der Waals surface area (Å²) in [5.74, 6) is 0.541. The third-order valence-electron chi connectivity index (χ3n) is 3.54. The van der Waals surface area contributed by atoms with E-state index in [4.69, 9.17) is 18.0 Å². The average molecular weight is 282 g/mol. The minimum absolute atomic E-state index is 0.00431. The van der Waals surface area contributed by atoms with Crippen molar-refractivity contribution >= 4 is 34.5 Å². The van der Waals surface area contributed by atoms with E-state index in [1.165, 1.54) is 4.88 Å². The van der Waals surface area contributed by atoms with Crippen molar-refractivity contribution in [1.29, 1.82) is 0 Å². The van der Waals surface area contributed by atoms with Crippen LogP contribution in [0, 0.1) is 11.3 Å². The fourth-order valence-corrected chi connectivity index (χ4v) is 3.52. The Bertz CT molecular complexity index is 436. The van der Waals surface area contributed by atoms with Gasteiger partial charge in [0.1, 0.15) is 0 Å². The molecule has 1 saturated carbocycles. The molecule has 0 atom stereocenters. The van der Waals surface area contributed by atoms with Gasteiger partial charge in [-0.1, -0.05) is 25.2 Å². The summed E-state index contributed by atoms with van der Waals surface area (Å²) >= 11 is 6.77. The van der Waals surface area contributed by atoms with Gasteiger partial charge in [-0.25, -0.2) is 0 Å². The topological polar surface area (TPSA) is 55.1 Å². The highest BCUT2D eigenvalue weighted by atomic mass is 32.1. The Hall–Kier alpha value is -0.940. The third-order valence-corrected chi connectivity index (χ3v) is 4.86. The maximum Gasteiger partial charge on any atom is 0.233 e. The Morgan fingerprint density at radius 1 is 1.67 bits per heavy atom. The van der Waals surface area contributed by atoms with Gasteiger partial charge in [0.05, 0.1) is 10.4 Å². The van der Waals surface area contributed by atoms with Crippen LogP contribution in [-0.2, 0) is 11.2 Å². The predicted molar refractivity (Wildman–Crippen MR) is 78.6 cm³/mol. The summed E-state index contributed by atoms with van der Waals surface area (Å²) in [6.07, 6.45) is 2.44. The minimum atomic E-state index is -0.579. The largest absolute Gasteiger partial charge is 0.392 e. The molecule has 98 valence electrons. The fourth-order valence-electron chi connectivity index (χ4n) is 2.55. The summed E-state index contributed by atoms with van der Waals surface area (Å²) in [4.78, 5) is 13.8. The van der Waals surface area contributed by atoms with E-state index in [2.05, 4.69) is 18.3 Å². The number of carbonyl (C=O) groups excluding carboxylic acids is 1. The lowest BCUT2D eigenvalue weighted by Gasteiger charge is -2.44. The van der Waals surface area contributed by atoms with E-state index in [0.717, 1.165) is 19.3 Å². The Balaban J connectivity index is 1.85. The van der Waals surface area contributed by atoms with Gasteiger partial charge in [-0.2, -0.15) is 0 Å². The third kappa shape index (κ3) is 2.57. The van der Waals surface area contributed by atoms with E-state index in [-0.39, 0.29) is 5.91 Å². The van der Waals surface area contributed by atoms with Crippen LogP contribution in [-0.4, -0.2) is 17.4 Å². The van der Waals surface area contributed by atoms with Gasteiger partial charge in [-0.05, 0) is 36.6 Å². The lowest BCUT2D eigenvalue weighted by molar-refractivity contribution is -0.132. The molecule has 1 fully saturated rings. The van der Waals surface area contributed by atoms with Crippen molar-refractivity contribution in [1.82, 2.24) is 5.32 Å². The molecule has 5 heteroatoms. The van der Waals surface area contributed by atoms with E-state index in [9.17, 15) is 4.79 Å². The standard InChI is InChI=1S/C13H18N2OS2/c1-9-7-13(8-9,11(14)17)12(16)15-5-4-10-3-2-6-18-10/h2-3,6,9H,4-5,7-8H2,1H3,(H2,14,17)(H,15,16). The van der Waals surface area contributed by atoms with Crippen LogP contribution in [0.25, 0.3) is 0 Å². The molecule has 0 radical (unpaired) electrons. The summed E-state index contributed by atoms with van der Waals surface area (Å²) < 4.78 is 0. The van der Waals surface area contributed by atoms with E-state index in [1.807, 2.05) is 11.4 Å². The monoisotopic (exact) mass is 282 g/mol. The van der Waals surface area contributed by atoms with Gasteiger partial charge < -0.3 is 11.1 Å². The van der Waals surface area contributed by atoms with Crippen LogP contribution in [0.3, 0.4) is 0 Å². The first-order valence-corrected chi connectivity index (χ1v) is 7.44. The molecule has 1 amide bonds. The second-order valence-electron chi connectivity index (χ2n) is 5.05. The summed E-state index contributed by atoms with van der Waals surface area (Å²) in [6.45, 7) is 2.77. The van der Waals surface area contributed by atoms with Crippen molar-refractivity contribution in [2.45, 2.75) is 26.2 Å². The van der Waals surface area contributed by atoms with Crippen LogP contribution >= 0.6 is 23.6 Å². The summed E-state index contributed by atoms with van der Waals surface area (Å²) in [6, 6.07) is 4.09. The normalized spacial score (nSPS) is 26.4. The zero-order chi connectivity index (χ0) is 13.2. The number of amides is 1. The van der Waals surface area contributed by atoms with Gasteiger partial charge in [0.2, 0.25) is 5.91 Å². The highest BCUT2D eigenvalue weighted by molar-refractivity contribution is 7.80. The minimum Gasteiger partial charge on any atom is -0.392 e.